The van der Waals surface area contributed by atoms with Crippen LogP contribution in [0.1, 0.15) is 33.6 Å². The molecule has 0 unspecified atom stereocenters. The molecule has 0 radical (unpaired) electrons. The number of aliphatic hydroxyl groups is 1. The Balaban J connectivity index is 0. The number of esters is 1. The van der Waals surface area contributed by atoms with Gasteiger partial charge in [-0.2, -0.15) is 0 Å². The van der Waals surface area contributed by atoms with Gasteiger partial charge in [-0.1, -0.05) is 13.3 Å². The Labute approximate surface area is 104 Å². The normalized spacial score (nSPS) is 9.41. The molecule has 0 aromatic carbocycles. The van der Waals surface area contributed by atoms with Crippen LogP contribution in [0.3, 0.4) is 0 Å². The van der Waals surface area contributed by atoms with Gasteiger partial charge in [0.25, 0.3) is 0 Å². The van der Waals surface area contributed by atoms with Gasteiger partial charge in [0.05, 0.1) is 19.8 Å². The molecule has 0 saturated carbocycles. The first kappa shape index (κ1) is 18.7. The third-order valence-corrected chi connectivity index (χ3v) is 1.61. The van der Waals surface area contributed by atoms with E-state index < -0.39 is 0 Å². The minimum absolute atomic E-state index is 0.143. The fourth-order valence-corrected chi connectivity index (χ4v) is 0.802. The molecule has 0 aliphatic rings. The van der Waals surface area contributed by atoms with Gasteiger partial charge in [-0.05, 0) is 13.3 Å². The molecule has 0 heterocycles. The first-order valence-electron chi connectivity index (χ1n) is 6.08. The van der Waals surface area contributed by atoms with Gasteiger partial charge >= 0.3 is 5.97 Å². The molecule has 0 aliphatic carbocycles. The van der Waals surface area contributed by atoms with Crippen LogP contribution < -0.4 is 0 Å². The summed E-state index contributed by atoms with van der Waals surface area (Å²) in [6.07, 6.45) is 2.26. The van der Waals surface area contributed by atoms with E-state index in [-0.39, 0.29) is 12.6 Å². The van der Waals surface area contributed by atoms with E-state index in [0.717, 1.165) is 19.4 Å². The van der Waals surface area contributed by atoms with Crippen molar-refractivity contribution in [1.29, 1.82) is 0 Å². The van der Waals surface area contributed by atoms with Crippen LogP contribution in [-0.2, 0) is 19.0 Å². The fourth-order valence-electron chi connectivity index (χ4n) is 0.802. The number of hydrogen-bond acceptors (Lipinski definition) is 5. The average Bonchev–Trinajstić information content (AvgIpc) is 2.31. The predicted octanol–water partition coefficient (Wildman–Crippen LogP) is 1.38. The number of rotatable bonds is 9. The molecule has 0 aliphatic heterocycles. The van der Waals surface area contributed by atoms with Crippen LogP contribution in [0.2, 0.25) is 0 Å². The summed E-state index contributed by atoms with van der Waals surface area (Å²) in [7, 11) is 0. The zero-order valence-electron chi connectivity index (χ0n) is 11.2. The third-order valence-electron chi connectivity index (χ3n) is 1.61. The molecule has 0 aromatic rings. The Morgan fingerprint density at radius 2 is 1.76 bits per heavy atom. The van der Waals surface area contributed by atoms with Crippen LogP contribution in [0.15, 0.2) is 0 Å². The number of ether oxygens (including phenoxy) is 3. The Morgan fingerprint density at radius 3 is 2.24 bits per heavy atom. The summed E-state index contributed by atoms with van der Waals surface area (Å²) >= 11 is 0. The second kappa shape index (κ2) is 17.7. The lowest BCUT2D eigenvalue weighted by Crippen LogP contribution is -2.06. The zero-order valence-corrected chi connectivity index (χ0v) is 11.2. The second-order valence-electron chi connectivity index (χ2n) is 3.23. The molecule has 0 rings (SSSR count). The van der Waals surface area contributed by atoms with Gasteiger partial charge in [0.1, 0.15) is 6.61 Å². The number of carbonyl (C=O) groups excluding carboxylic acids is 1. The van der Waals surface area contributed by atoms with Crippen LogP contribution in [0.4, 0.5) is 0 Å². The number of aliphatic hydroxyl groups excluding tert-OH is 1. The summed E-state index contributed by atoms with van der Waals surface area (Å²) in [5.41, 5.74) is 0. The van der Waals surface area contributed by atoms with Gasteiger partial charge in [-0.3, -0.25) is 4.79 Å². The van der Waals surface area contributed by atoms with Crippen molar-refractivity contribution in [3.05, 3.63) is 0 Å². The highest BCUT2D eigenvalue weighted by molar-refractivity contribution is 5.65. The molecule has 0 spiro atoms. The van der Waals surface area contributed by atoms with Crippen molar-refractivity contribution >= 4 is 5.97 Å². The Bertz CT molecular complexity index is 144. The lowest BCUT2D eigenvalue weighted by molar-refractivity contribution is -0.142. The summed E-state index contributed by atoms with van der Waals surface area (Å²) in [6.45, 7) is 8.34. The van der Waals surface area contributed by atoms with E-state index in [1.54, 1.807) is 0 Å². The molecule has 0 amide bonds. The smallest absolute Gasteiger partial charge is 0.302 e. The van der Waals surface area contributed by atoms with Gasteiger partial charge in [-0.15, -0.1) is 0 Å². The topological polar surface area (TPSA) is 65.0 Å². The molecule has 17 heavy (non-hydrogen) atoms. The predicted molar refractivity (Wildman–Crippen MR) is 65.9 cm³/mol. The monoisotopic (exact) mass is 250 g/mol. The summed E-state index contributed by atoms with van der Waals surface area (Å²) in [4.78, 5) is 10.1. The molecule has 0 saturated heterocycles. The number of unbranched alkanes of at least 4 members (excludes halogenated alkanes) is 1. The lowest BCUT2D eigenvalue weighted by Gasteiger charge is -1.99. The molecule has 0 fully saturated rings. The largest absolute Gasteiger partial charge is 0.463 e. The van der Waals surface area contributed by atoms with Crippen LogP contribution in [0.25, 0.3) is 0 Å². The van der Waals surface area contributed by atoms with E-state index in [9.17, 15) is 4.79 Å². The first-order valence-corrected chi connectivity index (χ1v) is 6.08. The van der Waals surface area contributed by atoms with Gasteiger partial charge in [-0.25, -0.2) is 0 Å². The quantitative estimate of drug-likeness (QED) is 0.495. The maximum atomic E-state index is 10.1. The zero-order chi connectivity index (χ0) is 13.4. The molecule has 0 bridgehead atoms. The highest BCUT2D eigenvalue weighted by Crippen LogP contribution is 1.85. The first-order chi connectivity index (χ1) is 8.18. The average molecular weight is 250 g/mol. The second-order valence-corrected chi connectivity index (χ2v) is 3.23. The molecule has 0 atom stereocenters. The van der Waals surface area contributed by atoms with E-state index in [2.05, 4.69) is 11.7 Å². The third kappa shape index (κ3) is 25.5. The molecule has 5 nitrogen and oxygen atoms in total. The van der Waals surface area contributed by atoms with E-state index >= 15 is 0 Å². The van der Waals surface area contributed by atoms with E-state index in [4.69, 9.17) is 14.6 Å². The minimum atomic E-state index is -0.255. The summed E-state index contributed by atoms with van der Waals surface area (Å²) < 4.78 is 14.5. The standard InChI is InChI=1S/C6H12O3.C6H14O2/c1-3-8-4-5-9-6(2)7;1-2-3-5-8-6-4-7/h3-5H2,1-2H3;7H,2-6H2,1H3. The van der Waals surface area contributed by atoms with E-state index in [0.29, 0.717) is 26.4 Å². The minimum Gasteiger partial charge on any atom is -0.463 e. The van der Waals surface area contributed by atoms with Crippen molar-refractivity contribution in [1.82, 2.24) is 0 Å². The van der Waals surface area contributed by atoms with Crippen molar-refractivity contribution in [2.45, 2.75) is 33.6 Å². The number of carbonyl (C=O) groups is 1. The van der Waals surface area contributed by atoms with Crippen molar-refractivity contribution < 1.29 is 24.1 Å². The van der Waals surface area contributed by atoms with E-state index in [1.807, 2.05) is 6.92 Å². The molecule has 1 N–H and O–H groups in total. The lowest BCUT2D eigenvalue weighted by atomic mass is 10.4. The summed E-state index contributed by atoms with van der Waals surface area (Å²) in [5.74, 6) is -0.255. The van der Waals surface area contributed by atoms with Crippen molar-refractivity contribution in [2.24, 2.45) is 0 Å². The Morgan fingerprint density at radius 1 is 1.06 bits per heavy atom. The molecular weight excluding hydrogens is 224 g/mol. The van der Waals surface area contributed by atoms with Gasteiger partial charge in [0, 0.05) is 20.1 Å². The molecule has 104 valence electrons. The van der Waals surface area contributed by atoms with Gasteiger partial charge in [0.2, 0.25) is 0 Å². The highest BCUT2D eigenvalue weighted by Gasteiger charge is 1.89. The Hall–Kier alpha value is -0.650. The van der Waals surface area contributed by atoms with Crippen LogP contribution in [0.5, 0.6) is 0 Å². The van der Waals surface area contributed by atoms with Crippen molar-refractivity contribution in [3.8, 4) is 0 Å². The highest BCUT2D eigenvalue weighted by atomic mass is 16.6. The fraction of sp³-hybridized carbons (Fsp3) is 0.917. The molecule has 5 heteroatoms. The SMILES string of the molecule is CCCCOCCO.CCOCCOC(C)=O. The molecule has 0 aromatic heterocycles. The van der Waals surface area contributed by atoms with Crippen LogP contribution in [0, 0.1) is 0 Å². The van der Waals surface area contributed by atoms with Crippen molar-refractivity contribution in [2.75, 3.05) is 39.6 Å². The number of hydrogen-bond donors (Lipinski definition) is 1. The Kier molecular flexibility index (Phi) is 19.5. The van der Waals surface area contributed by atoms with Crippen LogP contribution >= 0.6 is 0 Å². The van der Waals surface area contributed by atoms with E-state index in [1.165, 1.54) is 6.92 Å². The maximum absolute atomic E-state index is 10.1. The maximum Gasteiger partial charge on any atom is 0.302 e. The van der Waals surface area contributed by atoms with Crippen LogP contribution in [-0.4, -0.2) is 50.7 Å². The summed E-state index contributed by atoms with van der Waals surface area (Å²) in [5, 5.41) is 8.24. The van der Waals surface area contributed by atoms with Crippen molar-refractivity contribution in [3.63, 3.8) is 0 Å². The summed E-state index contributed by atoms with van der Waals surface area (Å²) in [6, 6.07) is 0. The molecular formula is C12H26O5. The van der Waals surface area contributed by atoms with Gasteiger partial charge in [0.15, 0.2) is 0 Å². The van der Waals surface area contributed by atoms with Gasteiger partial charge < -0.3 is 19.3 Å².